The molecule has 4 heterocycles. The molecule has 8 heteroatoms. The summed E-state index contributed by atoms with van der Waals surface area (Å²) < 4.78 is 0. The number of piperidine rings is 2. The number of piperazine rings is 1. The first-order valence-electron chi connectivity index (χ1n) is 12.4. The van der Waals surface area contributed by atoms with Crippen molar-refractivity contribution in [2.75, 3.05) is 55.6 Å². The maximum Gasteiger partial charge on any atom is 0.249 e. The normalized spacial score (nSPS) is 25.0. The first kappa shape index (κ1) is 24.3. The minimum Gasteiger partial charge on any atom is -0.369 e. The summed E-state index contributed by atoms with van der Waals surface area (Å²) in [6, 6.07) is 6.29. The Morgan fingerprint density at radius 3 is 2.30 bits per heavy atom. The Bertz CT molecular complexity index is 878. The van der Waals surface area contributed by atoms with E-state index in [4.69, 9.17) is 0 Å². The predicted molar refractivity (Wildman–Crippen MR) is 134 cm³/mol. The summed E-state index contributed by atoms with van der Waals surface area (Å²) in [6.45, 7) is 12.3. The number of fused-ring (bicyclic) bond motifs is 1. The van der Waals surface area contributed by atoms with Gasteiger partial charge in [-0.2, -0.15) is 0 Å². The quantitative estimate of drug-likeness (QED) is 0.650. The van der Waals surface area contributed by atoms with Gasteiger partial charge in [-0.05, 0) is 70.7 Å². The highest BCUT2D eigenvalue weighted by Crippen LogP contribution is 2.39. The van der Waals surface area contributed by atoms with Crippen molar-refractivity contribution in [2.24, 2.45) is 5.92 Å². The number of benzene rings is 1. The number of carbonyl (C=O) groups excluding carboxylic acids is 2. The van der Waals surface area contributed by atoms with E-state index in [0.29, 0.717) is 12.8 Å². The molecule has 1 unspecified atom stereocenters. The molecule has 4 aliphatic rings. The number of nitrogens with zero attached hydrogens (tertiary/aromatic N) is 3. The Balaban J connectivity index is 0.00000259. The molecule has 1 aromatic rings. The molecule has 7 nitrogen and oxygen atoms in total. The van der Waals surface area contributed by atoms with Crippen LogP contribution in [0.4, 0.5) is 11.4 Å². The maximum atomic E-state index is 12.5. The van der Waals surface area contributed by atoms with Crippen molar-refractivity contribution in [1.82, 2.24) is 15.5 Å². The van der Waals surface area contributed by atoms with Crippen molar-refractivity contribution in [3.8, 4) is 0 Å². The van der Waals surface area contributed by atoms with Crippen molar-refractivity contribution < 1.29 is 9.59 Å². The monoisotopic (exact) mass is 475 g/mol. The van der Waals surface area contributed by atoms with E-state index in [0.717, 1.165) is 58.2 Å². The van der Waals surface area contributed by atoms with Crippen LogP contribution in [0.2, 0.25) is 0 Å². The van der Waals surface area contributed by atoms with Gasteiger partial charge in [-0.25, -0.2) is 0 Å². The molecule has 0 spiro atoms. The van der Waals surface area contributed by atoms with Crippen molar-refractivity contribution >= 4 is 35.6 Å². The van der Waals surface area contributed by atoms with Crippen LogP contribution in [-0.4, -0.2) is 74.1 Å². The minimum atomic E-state index is -0.230. The average Bonchev–Trinajstić information content (AvgIpc) is 3.24. The molecule has 3 fully saturated rings. The summed E-state index contributed by atoms with van der Waals surface area (Å²) in [5, 5.41) is 6.02. The lowest BCUT2D eigenvalue weighted by Crippen LogP contribution is -2.58. The topological polar surface area (TPSA) is 67.9 Å². The zero-order valence-electron chi connectivity index (χ0n) is 19.9. The second kappa shape index (κ2) is 9.80. The van der Waals surface area contributed by atoms with E-state index in [9.17, 15) is 9.59 Å². The third-order valence-corrected chi connectivity index (χ3v) is 8.40. The zero-order chi connectivity index (χ0) is 22.3. The molecule has 182 valence electrons. The van der Waals surface area contributed by atoms with Crippen LogP contribution in [0.5, 0.6) is 0 Å². The molecule has 4 aliphatic heterocycles. The summed E-state index contributed by atoms with van der Waals surface area (Å²) in [6.07, 6.45) is 4.55. The highest BCUT2D eigenvalue weighted by Gasteiger charge is 2.39. The molecular formula is C25H38ClN5O2. The molecule has 0 radical (unpaired) electrons. The van der Waals surface area contributed by atoms with Gasteiger partial charge in [0, 0.05) is 61.6 Å². The summed E-state index contributed by atoms with van der Waals surface area (Å²) in [5.74, 6) is 0.469. The van der Waals surface area contributed by atoms with Gasteiger partial charge in [0.2, 0.25) is 11.8 Å². The first-order valence-corrected chi connectivity index (χ1v) is 12.4. The van der Waals surface area contributed by atoms with Gasteiger partial charge in [0.1, 0.15) is 6.04 Å². The van der Waals surface area contributed by atoms with Gasteiger partial charge < -0.3 is 15.1 Å². The van der Waals surface area contributed by atoms with Crippen molar-refractivity contribution in [3.63, 3.8) is 0 Å². The third-order valence-electron chi connectivity index (χ3n) is 8.40. The lowest BCUT2D eigenvalue weighted by Gasteiger charge is -2.49. The van der Waals surface area contributed by atoms with Gasteiger partial charge in [-0.15, -0.1) is 12.4 Å². The molecule has 0 aliphatic carbocycles. The van der Waals surface area contributed by atoms with E-state index < -0.39 is 0 Å². The fourth-order valence-corrected chi connectivity index (χ4v) is 6.35. The number of imide groups is 1. The second-order valence-corrected chi connectivity index (χ2v) is 10.3. The third kappa shape index (κ3) is 4.60. The van der Waals surface area contributed by atoms with Gasteiger partial charge in [-0.1, -0.05) is 6.07 Å². The van der Waals surface area contributed by atoms with Crippen LogP contribution >= 0.6 is 12.4 Å². The Morgan fingerprint density at radius 1 is 0.909 bits per heavy atom. The SMILES string of the molecule is CC(C)(C1CCNCC1)N1CCN(c2cccc3c2CCN3C2CCC(=O)NC2=O)CC1.Cl. The van der Waals surface area contributed by atoms with E-state index >= 15 is 0 Å². The van der Waals surface area contributed by atoms with E-state index in [1.54, 1.807) is 0 Å². The lowest BCUT2D eigenvalue weighted by molar-refractivity contribution is -0.134. The number of halogens is 1. The maximum absolute atomic E-state index is 12.5. The van der Waals surface area contributed by atoms with Crippen LogP contribution in [0.3, 0.4) is 0 Å². The summed E-state index contributed by atoms with van der Waals surface area (Å²) in [4.78, 5) is 31.5. The van der Waals surface area contributed by atoms with Gasteiger partial charge in [0.15, 0.2) is 0 Å². The van der Waals surface area contributed by atoms with Crippen molar-refractivity contribution in [3.05, 3.63) is 23.8 Å². The fraction of sp³-hybridized carbons (Fsp3) is 0.680. The van der Waals surface area contributed by atoms with E-state index in [1.165, 1.54) is 29.8 Å². The lowest BCUT2D eigenvalue weighted by atomic mass is 9.79. The summed E-state index contributed by atoms with van der Waals surface area (Å²) >= 11 is 0. The van der Waals surface area contributed by atoms with E-state index in [1.807, 2.05) is 0 Å². The molecule has 0 bridgehead atoms. The highest BCUT2D eigenvalue weighted by atomic mass is 35.5. The van der Waals surface area contributed by atoms with Crippen LogP contribution < -0.4 is 20.4 Å². The van der Waals surface area contributed by atoms with Crippen molar-refractivity contribution in [1.29, 1.82) is 0 Å². The Kier molecular flexibility index (Phi) is 7.22. The molecular weight excluding hydrogens is 438 g/mol. The number of anilines is 2. The molecule has 1 atom stereocenters. The molecule has 3 saturated heterocycles. The molecule has 0 saturated carbocycles. The number of amides is 2. The second-order valence-electron chi connectivity index (χ2n) is 10.3. The van der Waals surface area contributed by atoms with Gasteiger partial charge >= 0.3 is 0 Å². The smallest absolute Gasteiger partial charge is 0.249 e. The number of rotatable bonds is 4. The Morgan fingerprint density at radius 2 is 1.61 bits per heavy atom. The fourth-order valence-electron chi connectivity index (χ4n) is 6.35. The van der Waals surface area contributed by atoms with Gasteiger partial charge in [0.05, 0.1) is 0 Å². The average molecular weight is 476 g/mol. The molecule has 2 amide bonds. The number of nitrogens with one attached hydrogen (secondary N) is 2. The van der Waals surface area contributed by atoms with Crippen LogP contribution in [0, 0.1) is 5.92 Å². The van der Waals surface area contributed by atoms with Crippen LogP contribution in [-0.2, 0) is 16.0 Å². The van der Waals surface area contributed by atoms with E-state index in [-0.39, 0.29) is 35.8 Å². The number of hydrogen-bond donors (Lipinski definition) is 2. The first-order chi connectivity index (χ1) is 15.4. The minimum absolute atomic E-state index is 0. The van der Waals surface area contributed by atoms with Crippen LogP contribution in [0.15, 0.2) is 18.2 Å². The predicted octanol–water partition coefficient (Wildman–Crippen LogP) is 2.18. The number of carbonyl (C=O) groups is 2. The van der Waals surface area contributed by atoms with Gasteiger partial charge in [-0.3, -0.25) is 19.8 Å². The van der Waals surface area contributed by atoms with Crippen LogP contribution in [0.25, 0.3) is 0 Å². The standard InChI is InChI=1S/C25H37N5O2.ClH/c1-25(2,18-8-11-26-12-9-18)29-16-14-28(15-17-29)20-4-3-5-21-19(20)10-13-30(21)22-6-7-23(31)27-24(22)32;/h3-5,18,22,26H,6-17H2,1-2H3,(H,27,31,32);1H. The highest BCUT2D eigenvalue weighted by molar-refractivity contribution is 6.02. The molecule has 1 aromatic carbocycles. The molecule has 33 heavy (non-hydrogen) atoms. The zero-order valence-corrected chi connectivity index (χ0v) is 20.8. The summed E-state index contributed by atoms with van der Waals surface area (Å²) in [5.41, 5.74) is 4.12. The largest absolute Gasteiger partial charge is 0.369 e. The Labute approximate surface area is 203 Å². The Hall–Kier alpha value is -1.83. The molecule has 0 aromatic heterocycles. The van der Waals surface area contributed by atoms with Crippen molar-refractivity contribution in [2.45, 2.75) is 57.5 Å². The van der Waals surface area contributed by atoms with Gasteiger partial charge in [0.25, 0.3) is 0 Å². The number of hydrogen-bond acceptors (Lipinski definition) is 6. The van der Waals surface area contributed by atoms with E-state index in [2.05, 4.69) is 57.4 Å². The molecule has 2 N–H and O–H groups in total. The van der Waals surface area contributed by atoms with Crippen LogP contribution in [0.1, 0.15) is 45.1 Å². The summed E-state index contributed by atoms with van der Waals surface area (Å²) in [7, 11) is 0. The molecule has 5 rings (SSSR count).